The summed E-state index contributed by atoms with van der Waals surface area (Å²) in [5.41, 5.74) is -0.216. The molecule has 1 aliphatic heterocycles. The van der Waals surface area contributed by atoms with Crippen LogP contribution in [-0.2, 0) is 4.74 Å². The van der Waals surface area contributed by atoms with E-state index in [4.69, 9.17) is 4.74 Å². The Balaban J connectivity index is 2.06. The lowest BCUT2D eigenvalue weighted by Gasteiger charge is -2.20. The zero-order chi connectivity index (χ0) is 11.3. The lowest BCUT2D eigenvalue weighted by molar-refractivity contribution is 0.131. The van der Waals surface area contributed by atoms with Crippen molar-refractivity contribution in [3.63, 3.8) is 0 Å². The summed E-state index contributed by atoms with van der Waals surface area (Å²) in [7, 11) is 0. The van der Waals surface area contributed by atoms with Crippen molar-refractivity contribution in [2.75, 3.05) is 19.7 Å². The van der Waals surface area contributed by atoms with Gasteiger partial charge in [-0.1, -0.05) is 0 Å². The smallest absolute Gasteiger partial charge is 0.407 e. The van der Waals surface area contributed by atoms with Gasteiger partial charge in [-0.2, -0.15) is 0 Å². The van der Waals surface area contributed by atoms with E-state index in [-0.39, 0.29) is 11.6 Å². The molecule has 0 aromatic rings. The SMILES string of the molecule is CC(C)(C)NC(=O)OCCC1CCNC1. The van der Waals surface area contributed by atoms with Crippen molar-refractivity contribution >= 4 is 6.09 Å². The fraction of sp³-hybridized carbons (Fsp3) is 0.909. The van der Waals surface area contributed by atoms with Crippen LogP contribution in [0.1, 0.15) is 33.6 Å². The van der Waals surface area contributed by atoms with Crippen LogP contribution in [0.15, 0.2) is 0 Å². The van der Waals surface area contributed by atoms with Gasteiger partial charge in [-0.3, -0.25) is 0 Å². The topological polar surface area (TPSA) is 50.4 Å². The lowest BCUT2D eigenvalue weighted by Crippen LogP contribution is -2.41. The number of hydrogen-bond donors (Lipinski definition) is 2. The van der Waals surface area contributed by atoms with E-state index in [1.54, 1.807) is 0 Å². The molecule has 1 aliphatic rings. The largest absolute Gasteiger partial charge is 0.450 e. The van der Waals surface area contributed by atoms with E-state index < -0.39 is 0 Å². The van der Waals surface area contributed by atoms with E-state index in [2.05, 4.69) is 10.6 Å². The summed E-state index contributed by atoms with van der Waals surface area (Å²) in [5.74, 6) is 0.674. The fourth-order valence-corrected chi connectivity index (χ4v) is 1.62. The summed E-state index contributed by atoms with van der Waals surface area (Å²) in [6.45, 7) is 8.50. The highest BCUT2D eigenvalue weighted by molar-refractivity contribution is 5.67. The summed E-state index contributed by atoms with van der Waals surface area (Å²) in [4.78, 5) is 11.3. The van der Waals surface area contributed by atoms with E-state index in [1.165, 1.54) is 6.42 Å². The zero-order valence-electron chi connectivity index (χ0n) is 9.93. The standard InChI is InChI=1S/C11H22N2O2/c1-11(2,3)13-10(14)15-7-5-9-4-6-12-8-9/h9,12H,4-8H2,1-3H3,(H,13,14). The summed E-state index contributed by atoms with van der Waals surface area (Å²) in [6.07, 6.45) is 1.85. The first-order valence-corrected chi connectivity index (χ1v) is 5.63. The molecular weight excluding hydrogens is 192 g/mol. The van der Waals surface area contributed by atoms with Gasteiger partial charge in [0.15, 0.2) is 0 Å². The Morgan fingerprint density at radius 1 is 1.53 bits per heavy atom. The molecule has 4 nitrogen and oxygen atoms in total. The average Bonchev–Trinajstić information content (AvgIpc) is 2.53. The van der Waals surface area contributed by atoms with Gasteiger partial charge >= 0.3 is 6.09 Å². The molecule has 1 heterocycles. The average molecular weight is 214 g/mol. The number of ether oxygens (including phenoxy) is 1. The number of carbonyl (C=O) groups excluding carboxylic acids is 1. The van der Waals surface area contributed by atoms with Crippen molar-refractivity contribution in [1.29, 1.82) is 0 Å². The first kappa shape index (κ1) is 12.3. The minimum Gasteiger partial charge on any atom is -0.450 e. The van der Waals surface area contributed by atoms with Crippen molar-refractivity contribution in [2.24, 2.45) is 5.92 Å². The molecule has 0 aromatic carbocycles. The normalized spacial score (nSPS) is 21.4. The molecule has 0 spiro atoms. The van der Waals surface area contributed by atoms with Gasteiger partial charge in [-0.05, 0) is 52.6 Å². The Bertz CT molecular complexity index is 205. The minimum absolute atomic E-state index is 0.216. The van der Waals surface area contributed by atoms with Crippen LogP contribution in [-0.4, -0.2) is 31.3 Å². The Morgan fingerprint density at radius 2 is 2.27 bits per heavy atom. The molecule has 0 aromatic heterocycles. The first-order valence-electron chi connectivity index (χ1n) is 5.63. The van der Waals surface area contributed by atoms with Crippen LogP contribution in [0.2, 0.25) is 0 Å². The maximum absolute atomic E-state index is 11.3. The highest BCUT2D eigenvalue weighted by atomic mass is 16.5. The molecular formula is C11H22N2O2. The molecule has 1 amide bonds. The lowest BCUT2D eigenvalue weighted by atomic mass is 10.1. The third-order valence-corrected chi connectivity index (χ3v) is 2.40. The summed E-state index contributed by atoms with van der Waals surface area (Å²) in [6, 6.07) is 0. The number of hydrogen-bond acceptors (Lipinski definition) is 3. The summed E-state index contributed by atoms with van der Waals surface area (Å²) >= 11 is 0. The fourth-order valence-electron chi connectivity index (χ4n) is 1.62. The number of amides is 1. The quantitative estimate of drug-likeness (QED) is 0.748. The molecule has 1 fully saturated rings. The molecule has 1 unspecified atom stereocenters. The Hall–Kier alpha value is -0.770. The highest BCUT2D eigenvalue weighted by Gasteiger charge is 2.17. The maximum atomic E-state index is 11.3. The molecule has 1 rings (SSSR count). The van der Waals surface area contributed by atoms with E-state index in [0.29, 0.717) is 12.5 Å². The van der Waals surface area contributed by atoms with Gasteiger partial charge in [0.1, 0.15) is 0 Å². The molecule has 0 saturated carbocycles. The van der Waals surface area contributed by atoms with Crippen LogP contribution in [0.3, 0.4) is 0 Å². The number of nitrogens with one attached hydrogen (secondary N) is 2. The molecule has 0 bridgehead atoms. The van der Waals surface area contributed by atoms with E-state index in [1.807, 2.05) is 20.8 Å². The molecule has 15 heavy (non-hydrogen) atoms. The second-order valence-corrected chi connectivity index (χ2v) is 5.16. The van der Waals surface area contributed by atoms with E-state index in [0.717, 1.165) is 19.5 Å². The second-order valence-electron chi connectivity index (χ2n) is 5.16. The van der Waals surface area contributed by atoms with Crippen molar-refractivity contribution in [2.45, 2.75) is 39.2 Å². The minimum atomic E-state index is -0.312. The van der Waals surface area contributed by atoms with Crippen LogP contribution < -0.4 is 10.6 Å². The predicted molar refractivity (Wildman–Crippen MR) is 59.8 cm³/mol. The van der Waals surface area contributed by atoms with Crippen molar-refractivity contribution in [1.82, 2.24) is 10.6 Å². The number of rotatable bonds is 3. The molecule has 1 saturated heterocycles. The first-order chi connectivity index (χ1) is 6.97. The van der Waals surface area contributed by atoms with Gasteiger partial charge in [-0.15, -0.1) is 0 Å². The van der Waals surface area contributed by atoms with Crippen LogP contribution in [0.25, 0.3) is 0 Å². The molecule has 0 aliphatic carbocycles. The highest BCUT2D eigenvalue weighted by Crippen LogP contribution is 2.11. The van der Waals surface area contributed by atoms with E-state index >= 15 is 0 Å². The van der Waals surface area contributed by atoms with Gasteiger partial charge in [-0.25, -0.2) is 4.79 Å². The second kappa shape index (κ2) is 5.35. The van der Waals surface area contributed by atoms with Gasteiger partial charge < -0.3 is 15.4 Å². The van der Waals surface area contributed by atoms with E-state index in [9.17, 15) is 4.79 Å². The molecule has 88 valence electrons. The monoisotopic (exact) mass is 214 g/mol. The van der Waals surface area contributed by atoms with Crippen molar-refractivity contribution in [3.8, 4) is 0 Å². The maximum Gasteiger partial charge on any atom is 0.407 e. The Morgan fingerprint density at radius 3 is 2.80 bits per heavy atom. The van der Waals surface area contributed by atoms with Gasteiger partial charge in [0.05, 0.1) is 6.61 Å². The Kier molecular flexibility index (Phi) is 4.39. The van der Waals surface area contributed by atoms with Gasteiger partial charge in [0.2, 0.25) is 0 Å². The third kappa shape index (κ3) is 5.62. The van der Waals surface area contributed by atoms with Gasteiger partial charge in [0, 0.05) is 5.54 Å². The summed E-state index contributed by atoms with van der Waals surface area (Å²) in [5, 5.41) is 6.06. The van der Waals surface area contributed by atoms with Crippen LogP contribution in [0.4, 0.5) is 4.79 Å². The van der Waals surface area contributed by atoms with Crippen LogP contribution in [0, 0.1) is 5.92 Å². The third-order valence-electron chi connectivity index (χ3n) is 2.40. The zero-order valence-corrected chi connectivity index (χ0v) is 9.93. The van der Waals surface area contributed by atoms with Crippen LogP contribution >= 0.6 is 0 Å². The molecule has 0 radical (unpaired) electrons. The number of alkyl carbamates (subject to hydrolysis) is 1. The van der Waals surface area contributed by atoms with Crippen LogP contribution in [0.5, 0.6) is 0 Å². The molecule has 4 heteroatoms. The summed E-state index contributed by atoms with van der Waals surface area (Å²) < 4.78 is 5.10. The number of carbonyl (C=O) groups is 1. The van der Waals surface area contributed by atoms with Crippen molar-refractivity contribution in [3.05, 3.63) is 0 Å². The van der Waals surface area contributed by atoms with Gasteiger partial charge in [0.25, 0.3) is 0 Å². The Labute approximate surface area is 91.8 Å². The van der Waals surface area contributed by atoms with Crippen molar-refractivity contribution < 1.29 is 9.53 Å². The molecule has 2 N–H and O–H groups in total. The molecule has 1 atom stereocenters. The predicted octanol–water partition coefficient (Wildman–Crippen LogP) is 1.51.